The van der Waals surface area contributed by atoms with Gasteiger partial charge in [0.25, 0.3) is 0 Å². The van der Waals surface area contributed by atoms with Crippen molar-refractivity contribution >= 4 is 29.3 Å². The number of benzene rings is 1. The minimum absolute atomic E-state index is 0.00575. The van der Waals surface area contributed by atoms with Crippen molar-refractivity contribution in [3.8, 4) is 0 Å². The third-order valence-corrected chi connectivity index (χ3v) is 4.63. The van der Waals surface area contributed by atoms with Gasteiger partial charge in [0.15, 0.2) is 0 Å². The zero-order valence-electron chi connectivity index (χ0n) is 15.1. The van der Waals surface area contributed by atoms with Crippen molar-refractivity contribution in [2.45, 2.75) is 31.7 Å². The number of nitrogens with zero attached hydrogens (tertiary/aromatic N) is 1. The Labute approximate surface area is 155 Å². The minimum atomic E-state index is -0.612. The molecule has 0 atom stereocenters. The summed E-state index contributed by atoms with van der Waals surface area (Å²) in [6.07, 6.45) is 0. The maximum atomic E-state index is 12.2. The van der Waals surface area contributed by atoms with Crippen LogP contribution in [0.1, 0.15) is 41.4 Å². The van der Waals surface area contributed by atoms with Crippen LogP contribution in [0.25, 0.3) is 0 Å². The van der Waals surface area contributed by atoms with Gasteiger partial charge >= 0.3 is 11.7 Å². The molecule has 0 bridgehead atoms. The normalized spacial score (nSPS) is 10.7. The van der Waals surface area contributed by atoms with Crippen molar-refractivity contribution in [3.05, 3.63) is 51.6 Å². The molecule has 8 heteroatoms. The van der Waals surface area contributed by atoms with Gasteiger partial charge in [0.2, 0.25) is 5.91 Å². The molecule has 0 spiro atoms. The fourth-order valence-electron chi connectivity index (χ4n) is 2.31. The molecule has 2 rings (SSSR count). The lowest BCUT2D eigenvalue weighted by atomic mass is 10.0. The van der Waals surface area contributed by atoms with Crippen molar-refractivity contribution < 1.29 is 14.3 Å². The van der Waals surface area contributed by atoms with E-state index in [1.54, 1.807) is 6.92 Å². The molecule has 0 aliphatic rings. The summed E-state index contributed by atoms with van der Waals surface area (Å²) < 4.78 is 4.72. The minimum Gasteiger partial charge on any atom is -0.465 e. The van der Waals surface area contributed by atoms with Gasteiger partial charge in [-0.15, -0.1) is 0 Å². The Morgan fingerprint density at radius 3 is 2.73 bits per heavy atom. The van der Waals surface area contributed by atoms with Gasteiger partial charge in [-0.3, -0.25) is 4.79 Å². The van der Waals surface area contributed by atoms with Gasteiger partial charge in [-0.2, -0.15) is 4.98 Å². The van der Waals surface area contributed by atoms with E-state index in [1.807, 2.05) is 24.3 Å². The number of ether oxygens (including phenoxy) is 1. The molecule has 0 fully saturated rings. The van der Waals surface area contributed by atoms with Crippen LogP contribution in [0.2, 0.25) is 0 Å². The van der Waals surface area contributed by atoms with E-state index >= 15 is 0 Å². The third kappa shape index (κ3) is 4.95. The van der Waals surface area contributed by atoms with Crippen LogP contribution >= 0.6 is 11.8 Å². The number of aromatic nitrogens is 2. The average molecular weight is 375 g/mol. The Hall–Kier alpha value is -2.61. The summed E-state index contributed by atoms with van der Waals surface area (Å²) >= 11 is 1.01. The summed E-state index contributed by atoms with van der Waals surface area (Å²) in [7, 11) is 1.25. The first-order chi connectivity index (χ1) is 12.3. The predicted octanol–water partition coefficient (Wildman–Crippen LogP) is 2.72. The first-order valence-corrected chi connectivity index (χ1v) is 9.02. The molecule has 26 heavy (non-hydrogen) atoms. The number of amides is 1. The van der Waals surface area contributed by atoms with Crippen LogP contribution in [-0.2, 0) is 9.53 Å². The van der Waals surface area contributed by atoms with Crippen LogP contribution in [0.4, 0.5) is 5.69 Å². The number of hydrogen-bond acceptors (Lipinski definition) is 6. The lowest BCUT2D eigenvalue weighted by Gasteiger charge is -2.10. The van der Waals surface area contributed by atoms with E-state index in [0.717, 1.165) is 17.3 Å². The topological polar surface area (TPSA) is 101 Å². The molecule has 7 nitrogen and oxygen atoms in total. The molecule has 2 aromatic rings. The van der Waals surface area contributed by atoms with Crippen molar-refractivity contribution in [2.24, 2.45) is 0 Å². The van der Waals surface area contributed by atoms with Crippen molar-refractivity contribution in [1.29, 1.82) is 0 Å². The van der Waals surface area contributed by atoms with Gasteiger partial charge in [-0.1, -0.05) is 37.7 Å². The quantitative estimate of drug-likeness (QED) is 0.457. The first kappa shape index (κ1) is 19.7. The number of hydrogen-bond donors (Lipinski definition) is 2. The second-order valence-corrected chi connectivity index (χ2v) is 6.92. The van der Waals surface area contributed by atoms with E-state index in [1.165, 1.54) is 7.11 Å². The molecule has 0 unspecified atom stereocenters. The fourth-order valence-corrected chi connectivity index (χ4v) is 3.18. The highest BCUT2D eigenvalue weighted by Gasteiger charge is 2.19. The van der Waals surface area contributed by atoms with E-state index in [9.17, 15) is 14.4 Å². The summed E-state index contributed by atoms with van der Waals surface area (Å²) in [6, 6.07) is 7.61. The molecule has 0 radical (unpaired) electrons. The lowest BCUT2D eigenvalue weighted by molar-refractivity contribution is -0.113. The van der Waals surface area contributed by atoms with Gasteiger partial charge in [-0.05, 0) is 30.5 Å². The van der Waals surface area contributed by atoms with Crippen LogP contribution < -0.4 is 11.0 Å². The zero-order valence-corrected chi connectivity index (χ0v) is 15.9. The van der Waals surface area contributed by atoms with E-state index < -0.39 is 11.7 Å². The van der Waals surface area contributed by atoms with Gasteiger partial charge < -0.3 is 15.0 Å². The Kier molecular flexibility index (Phi) is 6.57. The number of methoxy groups -OCH3 is 1. The summed E-state index contributed by atoms with van der Waals surface area (Å²) in [5.74, 6) is -0.511. The predicted molar refractivity (Wildman–Crippen MR) is 101 cm³/mol. The average Bonchev–Trinajstić information content (AvgIpc) is 2.59. The Balaban J connectivity index is 2.11. The van der Waals surface area contributed by atoms with E-state index in [4.69, 9.17) is 4.74 Å². The Bertz CT molecular complexity index is 877. The Morgan fingerprint density at radius 1 is 1.35 bits per heavy atom. The largest absolute Gasteiger partial charge is 0.465 e. The summed E-state index contributed by atoms with van der Waals surface area (Å²) in [5, 5.41) is 2.98. The molecule has 1 heterocycles. The van der Waals surface area contributed by atoms with Crippen LogP contribution in [0.5, 0.6) is 0 Å². The number of nitrogens with one attached hydrogen (secondary N) is 2. The molecule has 2 N–H and O–H groups in total. The number of carbonyl (C=O) groups excluding carboxylic acids is 2. The second kappa shape index (κ2) is 8.66. The number of aromatic amines is 1. The summed E-state index contributed by atoms with van der Waals surface area (Å²) in [4.78, 5) is 42.0. The van der Waals surface area contributed by atoms with Crippen molar-refractivity contribution in [3.63, 3.8) is 0 Å². The highest BCUT2D eigenvalue weighted by atomic mass is 32.2. The molecule has 138 valence electrons. The van der Waals surface area contributed by atoms with Gasteiger partial charge in [-0.25, -0.2) is 9.59 Å². The third-order valence-electron chi connectivity index (χ3n) is 3.65. The zero-order chi connectivity index (χ0) is 19.3. The number of aryl methyl sites for hydroxylation is 1. The van der Waals surface area contributed by atoms with Gasteiger partial charge in [0, 0.05) is 11.4 Å². The smallest absolute Gasteiger partial charge is 0.346 e. The Morgan fingerprint density at radius 2 is 2.08 bits per heavy atom. The molecule has 1 aromatic carbocycles. The number of H-pyrrole nitrogens is 1. The van der Waals surface area contributed by atoms with Crippen molar-refractivity contribution in [2.75, 3.05) is 18.2 Å². The number of thioether (sulfide) groups is 1. The maximum absolute atomic E-state index is 12.2. The van der Waals surface area contributed by atoms with Gasteiger partial charge in [0.05, 0.1) is 12.9 Å². The van der Waals surface area contributed by atoms with Crippen LogP contribution in [0, 0.1) is 6.92 Å². The monoisotopic (exact) mass is 375 g/mol. The van der Waals surface area contributed by atoms with Crippen LogP contribution in [0.15, 0.2) is 34.1 Å². The molecule has 0 saturated carbocycles. The molecular formula is C18H21N3O4S. The SMILES string of the molecule is COC(=O)c1c(SCC(=O)Nc2cccc(C(C)C)c2)nc(=O)[nH]c1C. The fraction of sp³-hybridized carbons (Fsp3) is 0.333. The standard InChI is InChI=1S/C18H21N3O4S/c1-10(2)12-6-5-7-13(8-12)20-14(22)9-26-16-15(17(23)25-4)11(3)19-18(24)21-16/h5-8,10H,9H2,1-4H3,(H,20,22)(H,19,21,24). The van der Waals surface area contributed by atoms with E-state index in [2.05, 4.69) is 29.1 Å². The van der Waals surface area contributed by atoms with E-state index in [0.29, 0.717) is 17.3 Å². The molecule has 0 aliphatic heterocycles. The number of anilines is 1. The first-order valence-electron chi connectivity index (χ1n) is 8.03. The molecule has 0 aliphatic carbocycles. The molecule has 0 saturated heterocycles. The maximum Gasteiger partial charge on any atom is 0.346 e. The summed E-state index contributed by atoms with van der Waals surface area (Å²) in [5.41, 5.74) is 1.75. The molecule has 1 aromatic heterocycles. The number of esters is 1. The van der Waals surface area contributed by atoms with Crippen LogP contribution in [0.3, 0.4) is 0 Å². The highest BCUT2D eigenvalue weighted by molar-refractivity contribution is 8.00. The lowest BCUT2D eigenvalue weighted by Crippen LogP contribution is -2.20. The van der Waals surface area contributed by atoms with Crippen molar-refractivity contribution in [1.82, 2.24) is 9.97 Å². The van der Waals surface area contributed by atoms with Crippen LogP contribution in [-0.4, -0.2) is 34.7 Å². The molecular weight excluding hydrogens is 354 g/mol. The number of rotatable bonds is 6. The number of carbonyl (C=O) groups is 2. The summed E-state index contributed by atoms with van der Waals surface area (Å²) in [6.45, 7) is 5.73. The van der Waals surface area contributed by atoms with E-state index in [-0.39, 0.29) is 22.2 Å². The second-order valence-electron chi connectivity index (χ2n) is 5.96. The highest BCUT2D eigenvalue weighted by Crippen LogP contribution is 2.23. The van der Waals surface area contributed by atoms with Gasteiger partial charge in [0.1, 0.15) is 10.6 Å². The molecule has 1 amide bonds.